The second kappa shape index (κ2) is 4.07. The number of rotatable bonds is 2. The zero-order valence-corrected chi connectivity index (χ0v) is 7.70. The lowest BCUT2D eigenvalue weighted by atomic mass is 10.0. The lowest BCUT2D eigenvalue weighted by Gasteiger charge is -2.25. The van der Waals surface area contributed by atoms with Crippen LogP contribution in [0, 0.1) is 5.92 Å². The highest BCUT2D eigenvalue weighted by Gasteiger charge is 2.25. The van der Waals surface area contributed by atoms with Crippen LogP contribution in [0.15, 0.2) is 0 Å². The summed E-state index contributed by atoms with van der Waals surface area (Å²) in [5, 5.41) is 1.52. The molecule has 0 aliphatic carbocycles. The molecule has 2 rings (SSSR count). The molecule has 0 saturated carbocycles. The molecule has 0 aromatic carbocycles. The van der Waals surface area contributed by atoms with Crippen molar-refractivity contribution in [3.8, 4) is 0 Å². The van der Waals surface area contributed by atoms with Crippen molar-refractivity contribution in [2.45, 2.75) is 19.3 Å². The van der Waals surface area contributed by atoms with E-state index in [0.717, 1.165) is 32.6 Å². The second-order valence-electron chi connectivity index (χ2n) is 3.59. The monoisotopic (exact) mass is 185 g/mol. The number of hydrogen-bond donors (Lipinski definition) is 0. The van der Waals surface area contributed by atoms with E-state index < -0.39 is 0 Å². The van der Waals surface area contributed by atoms with Gasteiger partial charge in [-0.25, -0.2) is 5.06 Å². The molecule has 2 saturated heterocycles. The van der Waals surface area contributed by atoms with Crippen molar-refractivity contribution in [1.29, 1.82) is 0 Å². The van der Waals surface area contributed by atoms with Crippen LogP contribution >= 0.6 is 0 Å². The van der Waals surface area contributed by atoms with Crippen LogP contribution in [0.25, 0.3) is 0 Å². The fourth-order valence-corrected chi connectivity index (χ4v) is 1.76. The van der Waals surface area contributed by atoms with Gasteiger partial charge in [0.25, 0.3) is 0 Å². The van der Waals surface area contributed by atoms with E-state index in [2.05, 4.69) is 0 Å². The summed E-state index contributed by atoms with van der Waals surface area (Å²) in [6.45, 7) is 2.96. The number of hydroxylamine groups is 2. The van der Waals surface area contributed by atoms with Crippen molar-refractivity contribution in [2.75, 3.05) is 26.4 Å². The molecule has 1 amide bonds. The molecule has 2 fully saturated rings. The van der Waals surface area contributed by atoms with E-state index in [4.69, 9.17) is 9.57 Å². The number of carbonyl (C=O) groups excluding carboxylic acids is 1. The van der Waals surface area contributed by atoms with Crippen molar-refractivity contribution in [2.24, 2.45) is 5.92 Å². The first-order valence-electron chi connectivity index (χ1n) is 4.87. The van der Waals surface area contributed by atoms with Gasteiger partial charge in [0.05, 0.1) is 19.6 Å². The fourth-order valence-electron chi connectivity index (χ4n) is 1.76. The van der Waals surface area contributed by atoms with Crippen LogP contribution in [-0.2, 0) is 14.4 Å². The molecule has 74 valence electrons. The topological polar surface area (TPSA) is 38.8 Å². The normalized spacial score (nSPS) is 25.5. The minimum absolute atomic E-state index is 0.131. The fraction of sp³-hybridized carbons (Fsp3) is 0.889. The molecule has 0 spiro atoms. The number of nitrogens with zero attached hydrogens (tertiary/aromatic N) is 1. The highest BCUT2D eigenvalue weighted by Crippen LogP contribution is 2.18. The van der Waals surface area contributed by atoms with Gasteiger partial charge in [-0.2, -0.15) is 0 Å². The van der Waals surface area contributed by atoms with Crippen molar-refractivity contribution >= 4 is 5.91 Å². The summed E-state index contributed by atoms with van der Waals surface area (Å²) < 4.78 is 5.25. The summed E-state index contributed by atoms with van der Waals surface area (Å²) in [6, 6.07) is 0. The Morgan fingerprint density at radius 2 is 2.08 bits per heavy atom. The third-order valence-corrected chi connectivity index (χ3v) is 2.61. The van der Waals surface area contributed by atoms with Gasteiger partial charge in [-0.15, -0.1) is 0 Å². The number of ether oxygens (including phenoxy) is 1. The van der Waals surface area contributed by atoms with Crippen LogP contribution in [0.4, 0.5) is 0 Å². The Hall–Kier alpha value is -0.610. The molecule has 2 aliphatic rings. The molecular formula is C9H15NO3. The van der Waals surface area contributed by atoms with E-state index in [1.165, 1.54) is 5.06 Å². The lowest BCUT2D eigenvalue weighted by molar-refractivity contribution is -0.166. The first-order valence-corrected chi connectivity index (χ1v) is 4.87. The Balaban J connectivity index is 1.79. The van der Waals surface area contributed by atoms with Crippen molar-refractivity contribution < 1.29 is 14.4 Å². The maximum absolute atomic E-state index is 11.2. The molecule has 0 bridgehead atoms. The van der Waals surface area contributed by atoms with E-state index in [9.17, 15) is 4.79 Å². The zero-order chi connectivity index (χ0) is 9.10. The zero-order valence-electron chi connectivity index (χ0n) is 7.70. The van der Waals surface area contributed by atoms with E-state index >= 15 is 0 Å². The predicted octanol–water partition coefficient (Wildman–Crippen LogP) is 0.577. The van der Waals surface area contributed by atoms with Gasteiger partial charge in [-0.05, 0) is 18.8 Å². The third-order valence-electron chi connectivity index (χ3n) is 2.61. The van der Waals surface area contributed by atoms with E-state index in [-0.39, 0.29) is 5.91 Å². The lowest BCUT2D eigenvalue weighted by Crippen LogP contribution is -2.32. The van der Waals surface area contributed by atoms with E-state index in [1.54, 1.807) is 0 Å². The van der Waals surface area contributed by atoms with Crippen molar-refractivity contribution in [3.05, 3.63) is 0 Å². The first kappa shape index (κ1) is 8.97. The number of amides is 1. The van der Waals surface area contributed by atoms with Gasteiger partial charge >= 0.3 is 0 Å². The van der Waals surface area contributed by atoms with E-state index in [1.807, 2.05) is 0 Å². The maximum Gasteiger partial charge on any atom is 0.248 e. The van der Waals surface area contributed by atoms with Gasteiger partial charge in [-0.1, -0.05) is 0 Å². The molecular weight excluding hydrogens is 170 g/mol. The highest BCUT2D eigenvalue weighted by atomic mass is 16.7. The summed E-state index contributed by atoms with van der Waals surface area (Å²) in [6.07, 6.45) is 2.64. The Kier molecular flexibility index (Phi) is 2.80. The van der Waals surface area contributed by atoms with Gasteiger partial charge in [0.15, 0.2) is 0 Å². The Morgan fingerprint density at radius 3 is 2.69 bits per heavy atom. The molecule has 2 heterocycles. The molecule has 0 aromatic heterocycles. The number of hydrogen-bond acceptors (Lipinski definition) is 3. The Labute approximate surface area is 77.7 Å². The average Bonchev–Trinajstić information content (AvgIpc) is 2.54. The molecule has 4 nitrogen and oxygen atoms in total. The smallest absolute Gasteiger partial charge is 0.248 e. The molecule has 0 atom stereocenters. The largest absolute Gasteiger partial charge is 0.381 e. The Bertz CT molecular complexity index is 189. The van der Waals surface area contributed by atoms with Gasteiger partial charge in [0, 0.05) is 13.2 Å². The molecule has 13 heavy (non-hydrogen) atoms. The molecule has 0 radical (unpaired) electrons. The average molecular weight is 185 g/mol. The van der Waals surface area contributed by atoms with Crippen molar-refractivity contribution in [3.63, 3.8) is 0 Å². The van der Waals surface area contributed by atoms with Crippen molar-refractivity contribution in [1.82, 2.24) is 5.06 Å². The molecule has 0 unspecified atom stereocenters. The van der Waals surface area contributed by atoms with Gasteiger partial charge < -0.3 is 4.74 Å². The quantitative estimate of drug-likeness (QED) is 0.631. The predicted molar refractivity (Wildman–Crippen MR) is 45.8 cm³/mol. The molecule has 4 heteroatoms. The highest BCUT2D eigenvalue weighted by molar-refractivity contribution is 5.76. The maximum atomic E-state index is 11.2. The third kappa shape index (κ3) is 2.19. The summed E-state index contributed by atoms with van der Waals surface area (Å²) in [5.74, 6) is 0.697. The summed E-state index contributed by atoms with van der Waals surface area (Å²) in [5.41, 5.74) is 0. The van der Waals surface area contributed by atoms with Crippen LogP contribution in [0.1, 0.15) is 19.3 Å². The van der Waals surface area contributed by atoms with Crippen LogP contribution in [0.5, 0.6) is 0 Å². The van der Waals surface area contributed by atoms with Gasteiger partial charge in [0.2, 0.25) is 5.91 Å². The molecule has 0 N–H and O–H groups in total. The van der Waals surface area contributed by atoms with E-state index in [0.29, 0.717) is 18.9 Å². The van der Waals surface area contributed by atoms with Crippen LogP contribution < -0.4 is 0 Å². The minimum atomic E-state index is 0.131. The summed E-state index contributed by atoms with van der Waals surface area (Å²) in [4.78, 5) is 16.4. The van der Waals surface area contributed by atoms with Gasteiger partial charge in [-0.3, -0.25) is 9.63 Å². The van der Waals surface area contributed by atoms with Crippen LogP contribution in [0.2, 0.25) is 0 Å². The van der Waals surface area contributed by atoms with Crippen LogP contribution in [-0.4, -0.2) is 37.3 Å². The number of carbonyl (C=O) groups is 1. The SMILES string of the molecule is O=C1CCON1CC1CCOCC1. The molecule has 0 aromatic rings. The minimum Gasteiger partial charge on any atom is -0.381 e. The first-order chi connectivity index (χ1) is 6.36. The van der Waals surface area contributed by atoms with Gasteiger partial charge in [0.1, 0.15) is 0 Å². The standard InChI is InChI=1S/C9H15NO3/c11-9-3-6-13-10(9)7-8-1-4-12-5-2-8/h8H,1-7H2. The van der Waals surface area contributed by atoms with Crippen LogP contribution in [0.3, 0.4) is 0 Å². The molecule has 2 aliphatic heterocycles. The summed E-state index contributed by atoms with van der Waals surface area (Å²) >= 11 is 0. The second-order valence-corrected chi connectivity index (χ2v) is 3.59. The Morgan fingerprint density at radius 1 is 1.31 bits per heavy atom. The summed E-state index contributed by atoms with van der Waals surface area (Å²) in [7, 11) is 0.